The van der Waals surface area contributed by atoms with Crippen molar-refractivity contribution in [2.24, 2.45) is 0 Å². The van der Waals surface area contributed by atoms with Crippen LogP contribution in [-0.2, 0) is 9.59 Å². The highest BCUT2D eigenvalue weighted by atomic mass is 32.2. The van der Waals surface area contributed by atoms with Crippen molar-refractivity contribution in [1.29, 1.82) is 0 Å². The Morgan fingerprint density at radius 3 is 2.81 bits per heavy atom. The van der Waals surface area contributed by atoms with Gasteiger partial charge in [0.05, 0.1) is 16.5 Å². The Hall–Kier alpha value is -1.01. The summed E-state index contributed by atoms with van der Waals surface area (Å²) in [7, 11) is 0. The van der Waals surface area contributed by atoms with Crippen LogP contribution >= 0.6 is 23.1 Å². The Kier molecular flexibility index (Phi) is 5.95. The molecule has 0 aromatic carbocycles. The summed E-state index contributed by atoms with van der Waals surface area (Å²) in [6.45, 7) is 2.47. The fourth-order valence-corrected chi connectivity index (χ4v) is 2.59. The largest absolute Gasteiger partial charge is 0.355 e. The van der Waals surface area contributed by atoms with E-state index < -0.39 is 0 Å². The van der Waals surface area contributed by atoms with Crippen LogP contribution in [0.3, 0.4) is 0 Å². The van der Waals surface area contributed by atoms with Crippen molar-refractivity contribution < 1.29 is 9.59 Å². The lowest BCUT2D eigenvalue weighted by molar-refractivity contribution is -0.124. The van der Waals surface area contributed by atoms with Crippen LogP contribution in [-0.4, -0.2) is 30.7 Å². The van der Waals surface area contributed by atoms with Gasteiger partial charge in [0, 0.05) is 6.54 Å². The molecule has 0 aliphatic heterocycles. The van der Waals surface area contributed by atoms with Crippen LogP contribution < -0.4 is 10.6 Å². The highest BCUT2D eigenvalue weighted by molar-refractivity contribution is 8.01. The standard InChI is InChI=1S/C10H14N2O2S2/c1-2-11-8(13)6-12-9(14)7-16-10-4-3-5-15-10/h3-5H,2,6-7H2,1H3,(H,11,13)(H,12,14). The maximum absolute atomic E-state index is 11.3. The molecule has 0 radical (unpaired) electrons. The summed E-state index contributed by atoms with van der Waals surface area (Å²) in [6.07, 6.45) is 0. The third-order valence-electron chi connectivity index (χ3n) is 1.66. The number of thioether (sulfide) groups is 1. The van der Waals surface area contributed by atoms with E-state index in [1.54, 1.807) is 11.3 Å². The second-order valence-corrected chi connectivity index (χ2v) is 5.17. The summed E-state index contributed by atoms with van der Waals surface area (Å²) >= 11 is 3.08. The Balaban J connectivity index is 2.14. The van der Waals surface area contributed by atoms with Gasteiger partial charge in [-0.15, -0.1) is 23.1 Å². The van der Waals surface area contributed by atoms with Crippen molar-refractivity contribution >= 4 is 34.9 Å². The molecule has 1 heterocycles. The molecule has 16 heavy (non-hydrogen) atoms. The molecule has 0 aliphatic rings. The fourth-order valence-electron chi connectivity index (χ4n) is 0.972. The highest BCUT2D eigenvalue weighted by Gasteiger charge is 2.05. The number of nitrogens with one attached hydrogen (secondary N) is 2. The predicted molar refractivity (Wildman–Crippen MR) is 66.7 cm³/mol. The minimum Gasteiger partial charge on any atom is -0.355 e. The van der Waals surface area contributed by atoms with Gasteiger partial charge in [-0.2, -0.15) is 0 Å². The Labute approximate surface area is 103 Å². The van der Waals surface area contributed by atoms with Gasteiger partial charge in [0.1, 0.15) is 0 Å². The Morgan fingerprint density at radius 1 is 1.38 bits per heavy atom. The molecule has 0 saturated carbocycles. The zero-order valence-electron chi connectivity index (χ0n) is 8.99. The van der Waals surface area contributed by atoms with Gasteiger partial charge in [0.15, 0.2) is 0 Å². The Bertz CT molecular complexity index is 339. The van der Waals surface area contributed by atoms with Gasteiger partial charge in [0.25, 0.3) is 0 Å². The van der Waals surface area contributed by atoms with E-state index in [1.165, 1.54) is 11.8 Å². The van der Waals surface area contributed by atoms with E-state index in [4.69, 9.17) is 0 Å². The van der Waals surface area contributed by atoms with Gasteiger partial charge >= 0.3 is 0 Å². The van der Waals surface area contributed by atoms with E-state index in [2.05, 4.69) is 10.6 Å². The molecule has 88 valence electrons. The van der Waals surface area contributed by atoms with Gasteiger partial charge in [0.2, 0.25) is 11.8 Å². The molecule has 0 aliphatic carbocycles. The molecule has 0 fully saturated rings. The molecule has 0 unspecified atom stereocenters. The normalized spacial score (nSPS) is 9.81. The van der Waals surface area contributed by atoms with Gasteiger partial charge in [-0.1, -0.05) is 6.07 Å². The molecule has 0 atom stereocenters. The molecule has 6 heteroatoms. The number of carbonyl (C=O) groups is 2. The van der Waals surface area contributed by atoms with Crippen molar-refractivity contribution in [3.8, 4) is 0 Å². The lowest BCUT2D eigenvalue weighted by Gasteiger charge is -2.04. The summed E-state index contributed by atoms with van der Waals surface area (Å²) in [5, 5.41) is 7.14. The van der Waals surface area contributed by atoms with Crippen LogP contribution in [0.2, 0.25) is 0 Å². The Morgan fingerprint density at radius 2 is 2.19 bits per heavy atom. The van der Waals surface area contributed by atoms with Crippen LogP contribution in [0.1, 0.15) is 6.92 Å². The van der Waals surface area contributed by atoms with Crippen molar-refractivity contribution in [2.75, 3.05) is 18.8 Å². The molecule has 1 rings (SSSR count). The second kappa shape index (κ2) is 7.29. The maximum Gasteiger partial charge on any atom is 0.239 e. The quantitative estimate of drug-likeness (QED) is 0.751. The summed E-state index contributed by atoms with van der Waals surface area (Å²) in [6, 6.07) is 3.91. The minimum atomic E-state index is -0.156. The number of rotatable bonds is 6. The first-order valence-corrected chi connectivity index (χ1v) is 6.78. The first kappa shape index (κ1) is 13.1. The van der Waals surface area contributed by atoms with Crippen LogP contribution in [0.25, 0.3) is 0 Å². The van der Waals surface area contributed by atoms with E-state index in [0.717, 1.165) is 4.21 Å². The fraction of sp³-hybridized carbons (Fsp3) is 0.400. The number of thiophene rings is 1. The van der Waals surface area contributed by atoms with Crippen molar-refractivity contribution in [3.05, 3.63) is 17.5 Å². The number of carbonyl (C=O) groups excluding carboxylic acids is 2. The third-order valence-corrected chi connectivity index (χ3v) is 3.79. The number of likely N-dealkylation sites (N-methyl/N-ethyl adjacent to an activating group) is 1. The number of amides is 2. The van der Waals surface area contributed by atoms with Gasteiger partial charge in [-0.3, -0.25) is 9.59 Å². The molecule has 2 amide bonds. The topological polar surface area (TPSA) is 58.2 Å². The van der Waals surface area contributed by atoms with E-state index >= 15 is 0 Å². The first-order chi connectivity index (χ1) is 7.72. The van der Waals surface area contributed by atoms with Gasteiger partial charge in [-0.25, -0.2) is 0 Å². The lowest BCUT2D eigenvalue weighted by Crippen LogP contribution is -2.37. The average Bonchev–Trinajstić information content (AvgIpc) is 2.77. The van der Waals surface area contributed by atoms with Crippen LogP contribution in [0.15, 0.2) is 21.7 Å². The van der Waals surface area contributed by atoms with Crippen LogP contribution in [0.4, 0.5) is 0 Å². The molecule has 4 nitrogen and oxygen atoms in total. The lowest BCUT2D eigenvalue weighted by atomic mass is 10.5. The van der Waals surface area contributed by atoms with Gasteiger partial charge in [-0.05, 0) is 18.4 Å². The molecule has 0 bridgehead atoms. The van der Waals surface area contributed by atoms with Crippen LogP contribution in [0, 0.1) is 0 Å². The van der Waals surface area contributed by atoms with E-state index in [9.17, 15) is 9.59 Å². The maximum atomic E-state index is 11.3. The highest BCUT2D eigenvalue weighted by Crippen LogP contribution is 2.22. The number of hydrogen-bond donors (Lipinski definition) is 2. The zero-order chi connectivity index (χ0) is 11.8. The first-order valence-electron chi connectivity index (χ1n) is 4.92. The van der Waals surface area contributed by atoms with Crippen molar-refractivity contribution in [3.63, 3.8) is 0 Å². The second-order valence-electron chi connectivity index (χ2n) is 2.95. The molecule has 1 aromatic heterocycles. The predicted octanol–water partition coefficient (Wildman–Crippen LogP) is 1.09. The van der Waals surface area contributed by atoms with E-state index in [1.807, 2.05) is 24.4 Å². The molecule has 0 saturated heterocycles. The van der Waals surface area contributed by atoms with E-state index in [0.29, 0.717) is 12.3 Å². The number of hydrogen-bond acceptors (Lipinski definition) is 4. The average molecular weight is 258 g/mol. The SMILES string of the molecule is CCNC(=O)CNC(=O)CSc1cccs1. The van der Waals surface area contributed by atoms with Gasteiger partial charge < -0.3 is 10.6 Å². The van der Waals surface area contributed by atoms with Crippen molar-refractivity contribution in [1.82, 2.24) is 10.6 Å². The summed E-state index contributed by atoms with van der Waals surface area (Å²) < 4.78 is 1.10. The summed E-state index contributed by atoms with van der Waals surface area (Å²) in [5.74, 6) is 0.0709. The van der Waals surface area contributed by atoms with E-state index in [-0.39, 0.29) is 18.4 Å². The summed E-state index contributed by atoms with van der Waals surface area (Å²) in [4.78, 5) is 22.4. The summed E-state index contributed by atoms with van der Waals surface area (Å²) in [5.41, 5.74) is 0. The van der Waals surface area contributed by atoms with Crippen LogP contribution in [0.5, 0.6) is 0 Å². The third kappa shape index (κ3) is 5.18. The smallest absolute Gasteiger partial charge is 0.239 e. The zero-order valence-corrected chi connectivity index (χ0v) is 10.6. The molecule has 2 N–H and O–H groups in total. The molecular formula is C10H14N2O2S2. The van der Waals surface area contributed by atoms with Crippen molar-refractivity contribution in [2.45, 2.75) is 11.1 Å². The minimum absolute atomic E-state index is 0.0532. The monoisotopic (exact) mass is 258 g/mol. The molecule has 0 spiro atoms. The molecule has 1 aromatic rings. The molecular weight excluding hydrogens is 244 g/mol.